The Labute approximate surface area is 158 Å². The predicted octanol–water partition coefficient (Wildman–Crippen LogP) is 3.51. The number of amides is 4. The van der Waals surface area contributed by atoms with Crippen LogP contribution in [0.1, 0.15) is 12.5 Å². The third kappa shape index (κ3) is 3.52. The normalized spacial score (nSPS) is 16.0. The van der Waals surface area contributed by atoms with Gasteiger partial charge in [0.15, 0.2) is 0 Å². The van der Waals surface area contributed by atoms with Gasteiger partial charge in [-0.3, -0.25) is 14.9 Å². The van der Waals surface area contributed by atoms with Crippen molar-refractivity contribution in [1.29, 1.82) is 0 Å². The van der Waals surface area contributed by atoms with Crippen LogP contribution in [0.15, 0.2) is 58.6 Å². The van der Waals surface area contributed by atoms with Crippen molar-refractivity contribution in [2.45, 2.75) is 6.92 Å². The number of halogens is 1. The van der Waals surface area contributed by atoms with Gasteiger partial charge in [0.05, 0.1) is 12.3 Å². The van der Waals surface area contributed by atoms with Gasteiger partial charge in [-0.05, 0) is 37.3 Å². The average molecular weight is 415 g/mol. The van der Waals surface area contributed by atoms with Gasteiger partial charge in [-0.1, -0.05) is 40.2 Å². The van der Waals surface area contributed by atoms with E-state index in [1.807, 2.05) is 6.92 Å². The summed E-state index contributed by atoms with van der Waals surface area (Å²) in [5, 5.41) is 2.20. The summed E-state index contributed by atoms with van der Waals surface area (Å²) in [6.07, 6.45) is 1.43. The number of barbiturate groups is 1. The van der Waals surface area contributed by atoms with Crippen molar-refractivity contribution in [3.63, 3.8) is 0 Å². The van der Waals surface area contributed by atoms with Crippen molar-refractivity contribution in [1.82, 2.24) is 5.32 Å². The zero-order valence-electron chi connectivity index (χ0n) is 13.9. The number of rotatable bonds is 4. The van der Waals surface area contributed by atoms with E-state index in [0.717, 1.165) is 4.90 Å². The first-order valence-electron chi connectivity index (χ1n) is 7.90. The quantitative estimate of drug-likeness (QED) is 0.613. The molecule has 6 nitrogen and oxygen atoms in total. The SMILES string of the molecule is CCOc1ccccc1/C=C1/C(=O)NC(=O)N(c2cccc(Br)c2)C1=O. The van der Waals surface area contributed by atoms with Crippen LogP contribution in [0.25, 0.3) is 6.08 Å². The van der Waals surface area contributed by atoms with E-state index in [1.165, 1.54) is 6.08 Å². The second kappa shape index (κ2) is 7.53. The molecule has 4 amide bonds. The highest BCUT2D eigenvalue weighted by molar-refractivity contribution is 9.10. The first-order chi connectivity index (χ1) is 12.5. The van der Waals surface area contributed by atoms with Crippen LogP contribution in [0.2, 0.25) is 0 Å². The molecule has 0 aromatic heterocycles. The van der Waals surface area contributed by atoms with E-state index >= 15 is 0 Å². The van der Waals surface area contributed by atoms with Gasteiger partial charge in [0.2, 0.25) is 0 Å². The van der Waals surface area contributed by atoms with E-state index in [1.54, 1.807) is 48.5 Å². The van der Waals surface area contributed by atoms with Gasteiger partial charge in [-0.25, -0.2) is 9.69 Å². The lowest BCUT2D eigenvalue weighted by atomic mass is 10.1. The van der Waals surface area contributed by atoms with E-state index < -0.39 is 17.8 Å². The zero-order valence-corrected chi connectivity index (χ0v) is 15.4. The molecule has 0 spiro atoms. The Bertz CT molecular complexity index is 923. The number of hydrogen-bond acceptors (Lipinski definition) is 4. The highest BCUT2D eigenvalue weighted by atomic mass is 79.9. The summed E-state index contributed by atoms with van der Waals surface area (Å²) in [5.74, 6) is -0.880. The standard InChI is InChI=1S/C19H15BrN2O4/c1-2-26-16-9-4-3-6-12(16)10-15-17(23)21-19(25)22(18(15)24)14-8-5-7-13(20)11-14/h3-11H,2H2,1H3,(H,21,23,25)/b15-10-. The van der Waals surface area contributed by atoms with Crippen molar-refractivity contribution in [2.75, 3.05) is 11.5 Å². The average Bonchev–Trinajstić information content (AvgIpc) is 2.60. The van der Waals surface area contributed by atoms with Gasteiger partial charge in [0, 0.05) is 10.0 Å². The number of nitrogens with one attached hydrogen (secondary N) is 1. The minimum absolute atomic E-state index is 0.142. The van der Waals surface area contributed by atoms with Gasteiger partial charge in [0.1, 0.15) is 11.3 Å². The van der Waals surface area contributed by atoms with Crippen molar-refractivity contribution in [3.8, 4) is 5.75 Å². The summed E-state index contributed by atoms with van der Waals surface area (Å²) in [6.45, 7) is 2.29. The van der Waals surface area contributed by atoms with Crippen LogP contribution in [0, 0.1) is 0 Å². The maximum Gasteiger partial charge on any atom is 0.335 e. The second-order valence-electron chi connectivity index (χ2n) is 5.41. The molecule has 2 aromatic rings. The molecule has 0 atom stereocenters. The van der Waals surface area contributed by atoms with Crippen molar-refractivity contribution in [3.05, 3.63) is 64.1 Å². The largest absolute Gasteiger partial charge is 0.493 e. The van der Waals surface area contributed by atoms with Crippen LogP contribution in [-0.4, -0.2) is 24.5 Å². The molecular formula is C19H15BrN2O4. The van der Waals surface area contributed by atoms with E-state index in [9.17, 15) is 14.4 Å². The predicted molar refractivity (Wildman–Crippen MR) is 101 cm³/mol. The summed E-state index contributed by atoms with van der Waals surface area (Å²) in [5.41, 5.74) is 0.798. The number of carbonyl (C=O) groups is 3. The number of imide groups is 2. The van der Waals surface area contributed by atoms with Crippen LogP contribution >= 0.6 is 15.9 Å². The summed E-state index contributed by atoms with van der Waals surface area (Å²) in [4.78, 5) is 38.2. The lowest BCUT2D eigenvalue weighted by Gasteiger charge is -2.26. The molecule has 2 aromatic carbocycles. The van der Waals surface area contributed by atoms with Crippen LogP contribution in [0.3, 0.4) is 0 Å². The summed E-state index contributed by atoms with van der Waals surface area (Å²) >= 11 is 3.31. The molecule has 0 saturated carbocycles. The fourth-order valence-corrected chi connectivity index (χ4v) is 2.94. The molecule has 0 bridgehead atoms. The molecule has 7 heteroatoms. The second-order valence-corrected chi connectivity index (χ2v) is 6.32. The molecule has 0 aliphatic carbocycles. The summed E-state index contributed by atoms with van der Waals surface area (Å²) in [7, 11) is 0. The number of anilines is 1. The molecule has 1 saturated heterocycles. The summed E-state index contributed by atoms with van der Waals surface area (Å²) < 4.78 is 6.23. The van der Waals surface area contributed by atoms with Crippen LogP contribution in [0.4, 0.5) is 10.5 Å². The lowest BCUT2D eigenvalue weighted by Crippen LogP contribution is -2.54. The topological polar surface area (TPSA) is 75.7 Å². The van der Waals surface area contributed by atoms with E-state index in [2.05, 4.69) is 21.2 Å². The Hall–Kier alpha value is -2.93. The molecule has 1 fully saturated rings. The number of hydrogen-bond donors (Lipinski definition) is 1. The molecule has 1 aliphatic heterocycles. The Balaban J connectivity index is 2.03. The molecule has 0 unspecified atom stereocenters. The van der Waals surface area contributed by atoms with Gasteiger partial charge in [-0.15, -0.1) is 0 Å². The van der Waals surface area contributed by atoms with E-state index in [4.69, 9.17) is 4.74 Å². The van der Waals surface area contributed by atoms with Crippen LogP contribution < -0.4 is 15.0 Å². The molecule has 26 heavy (non-hydrogen) atoms. The smallest absolute Gasteiger partial charge is 0.335 e. The number of benzene rings is 2. The number of para-hydroxylation sites is 1. The first kappa shape index (κ1) is 17.9. The summed E-state index contributed by atoms with van der Waals surface area (Å²) in [6, 6.07) is 13.0. The Morgan fingerprint density at radius 2 is 1.88 bits per heavy atom. The number of carbonyl (C=O) groups excluding carboxylic acids is 3. The molecular weight excluding hydrogens is 400 g/mol. The van der Waals surface area contributed by atoms with Crippen molar-refractivity contribution >= 4 is 45.5 Å². The van der Waals surface area contributed by atoms with Crippen molar-refractivity contribution < 1.29 is 19.1 Å². The Morgan fingerprint density at radius 1 is 1.12 bits per heavy atom. The van der Waals surface area contributed by atoms with Crippen LogP contribution in [0.5, 0.6) is 5.75 Å². The van der Waals surface area contributed by atoms with Gasteiger partial charge < -0.3 is 4.74 Å². The maximum atomic E-state index is 12.9. The monoisotopic (exact) mass is 414 g/mol. The third-order valence-electron chi connectivity index (χ3n) is 3.69. The fourth-order valence-electron chi connectivity index (χ4n) is 2.55. The highest BCUT2D eigenvalue weighted by Crippen LogP contribution is 2.26. The molecule has 0 radical (unpaired) electrons. The molecule has 3 rings (SSSR count). The highest BCUT2D eigenvalue weighted by Gasteiger charge is 2.37. The van der Waals surface area contributed by atoms with E-state index in [0.29, 0.717) is 28.1 Å². The minimum Gasteiger partial charge on any atom is -0.493 e. The van der Waals surface area contributed by atoms with Crippen LogP contribution in [-0.2, 0) is 9.59 Å². The Kier molecular flexibility index (Phi) is 5.18. The fraction of sp³-hybridized carbons (Fsp3) is 0.105. The number of urea groups is 1. The zero-order chi connectivity index (χ0) is 18.7. The maximum absolute atomic E-state index is 12.9. The minimum atomic E-state index is -0.784. The van der Waals surface area contributed by atoms with Gasteiger partial charge in [0.25, 0.3) is 11.8 Å². The van der Waals surface area contributed by atoms with Gasteiger partial charge in [-0.2, -0.15) is 0 Å². The molecule has 1 N–H and O–H groups in total. The van der Waals surface area contributed by atoms with E-state index in [-0.39, 0.29) is 5.57 Å². The third-order valence-corrected chi connectivity index (χ3v) is 4.18. The Morgan fingerprint density at radius 3 is 2.62 bits per heavy atom. The van der Waals surface area contributed by atoms with Crippen molar-refractivity contribution in [2.24, 2.45) is 0 Å². The molecule has 132 valence electrons. The first-order valence-corrected chi connectivity index (χ1v) is 8.69. The lowest BCUT2D eigenvalue weighted by molar-refractivity contribution is -0.122. The number of ether oxygens (including phenoxy) is 1. The molecule has 1 heterocycles. The number of nitrogens with zero attached hydrogens (tertiary/aromatic N) is 1. The van der Waals surface area contributed by atoms with Gasteiger partial charge >= 0.3 is 6.03 Å². The molecule has 1 aliphatic rings.